The van der Waals surface area contributed by atoms with Crippen molar-refractivity contribution in [3.63, 3.8) is 0 Å². The Bertz CT molecular complexity index is 954. The quantitative estimate of drug-likeness (QED) is 0.679. The van der Waals surface area contributed by atoms with Crippen LogP contribution in [0.1, 0.15) is 22.3 Å². The molecular formula is C23H25NO6. The van der Waals surface area contributed by atoms with Crippen LogP contribution in [0.4, 0.5) is 0 Å². The Morgan fingerprint density at radius 1 is 1.00 bits per heavy atom. The number of esters is 2. The Balaban J connectivity index is 1.59. The fourth-order valence-corrected chi connectivity index (χ4v) is 3.42. The third-order valence-corrected chi connectivity index (χ3v) is 5.30. The van der Waals surface area contributed by atoms with Gasteiger partial charge in [0.2, 0.25) is 0 Å². The number of carbonyl (C=O) groups excluding carboxylic acids is 3. The Morgan fingerprint density at radius 3 is 2.47 bits per heavy atom. The van der Waals surface area contributed by atoms with Crippen LogP contribution in [0.2, 0.25) is 0 Å². The van der Waals surface area contributed by atoms with Gasteiger partial charge in [-0.3, -0.25) is 4.79 Å². The van der Waals surface area contributed by atoms with Gasteiger partial charge in [0, 0.05) is 13.0 Å². The molecule has 3 rings (SSSR count). The third kappa shape index (κ3) is 4.79. The fourth-order valence-electron chi connectivity index (χ4n) is 3.42. The normalized spacial score (nSPS) is 15.2. The Kier molecular flexibility index (Phi) is 6.72. The summed E-state index contributed by atoms with van der Waals surface area (Å²) in [6, 6.07) is 12.4. The summed E-state index contributed by atoms with van der Waals surface area (Å²) in [7, 11) is 1.29. The van der Waals surface area contributed by atoms with Crippen molar-refractivity contribution in [2.75, 3.05) is 20.3 Å². The number of nitrogens with zero attached hydrogens (tertiary/aromatic N) is 1. The van der Waals surface area contributed by atoms with Gasteiger partial charge in [-0.25, -0.2) is 9.59 Å². The molecule has 0 saturated carbocycles. The van der Waals surface area contributed by atoms with Crippen molar-refractivity contribution < 1.29 is 28.6 Å². The first kappa shape index (κ1) is 21.4. The first-order valence-electron chi connectivity index (χ1n) is 9.69. The maximum atomic E-state index is 12.7. The highest BCUT2D eigenvalue weighted by Crippen LogP contribution is 2.24. The number of aryl methyl sites for hydroxylation is 1. The first-order chi connectivity index (χ1) is 14.4. The lowest BCUT2D eigenvalue weighted by Gasteiger charge is -2.35. The molecule has 1 aliphatic heterocycles. The van der Waals surface area contributed by atoms with E-state index in [9.17, 15) is 14.4 Å². The van der Waals surface area contributed by atoms with Crippen LogP contribution in [-0.2, 0) is 36.8 Å². The molecule has 0 bridgehead atoms. The van der Waals surface area contributed by atoms with Gasteiger partial charge in [-0.05, 0) is 42.2 Å². The summed E-state index contributed by atoms with van der Waals surface area (Å²) in [6.07, 6.45) is 0.359. The van der Waals surface area contributed by atoms with Gasteiger partial charge >= 0.3 is 11.9 Å². The number of hydrogen-bond donors (Lipinski definition) is 0. The summed E-state index contributed by atoms with van der Waals surface area (Å²) in [5.41, 5.74) is 3.94. The molecule has 0 aliphatic carbocycles. The summed E-state index contributed by atoms with van der Waals surface area (Å²) in [6.45, 7) is 3.34. The summed E-state index contributed by atoms with van der Waals surface area (Å²) >= 11 is 0. The highest BCUT2D eigenvalue weighted by Gasteiger charge is 2.35. The topological polar surface area (TPSA) is 82.1 Å². The molecule has 30 heavy (non-hydrogen) atoms. The fraction of sp³-hybridized carbons (Fsp3) is 0.348. The van der Waals surface area contributed by atoms with E-state index in [0.717, 1.165) is 22.3 Å². The van der Waals surface area contributed by atoms with Crippen molar-refractivity contribution in [2.45, 2.75) is 32.9 Å². The number of ether oxygens (including phenoxy) is 3. The van der Waals surface area contributed by atoms with E-state index < -0.39 is 30.5 Å². The second-order valence-electron chi connectivity index (χ2n) is 7.18. The first-order valence-corrected chi connectivity index (χ1v) is 9.69. The maximum Gasteiger partial charge on any atom is 0.344 e. The average molecular weight is 411 g/mol. The Morgan fingerprint density at radius 2 is 1.73 bits per heavy atom. The van der Waals surface area contributed by atoms with E-state index in [2.05, 4.69) is 0 Å². The molecule has 0 fully saturated rings. The van der Waals surface area contributed by atoms with Gasteiger partial charge in [0.05, 0.1) is 7.11 Å². The molecule has 0 unspecified atom stereocenters. The molecule has 0 spiro atoms. The summed E-state index contributed by atoms with van der Waals surface area (Å²) in [5.74, 6) is -1.02. The lowest BCUT2D eigenvalue weighted by atomic mass is 9.94. The number of rotatable bonds is 6. The minimum atomic E-state index is -0.748. The maximum absolute atomic E-state index is 12.7. The Labute approximate surface area is 175 Å². The van der Waals surface area contributed by atoms with Crippen LogP contribution in [0.3, 0.4) is 0 Å². The van der Waals surface area contributed by atoms with Crippen LogP contribution < -0.4 is 4.74 Å². The van der Waals surface area contributed by atoms with Gasteiger partial charge in [-0.2, -0.15) is 0 Å². The Hall–Kier alpha value is -3.35. The van der Waals surface area contributed by atoms with E-state index in [-0.39, 0.29) is 13.2 Å². The summed E-state index contributed by atoms with van der Waals surface area (Å²) in [4.78, 5) is 38.4. The van der Waals surface area contributed by atoms with Crippen molar-refractivity contribution in [3.8, 4) is 5.75 Å². The minimum Gasteiger partial charge on any atom is -0.482 e. The van der Waals surface area contributed by atoms with Crippen LogP contribution in [0.5, 0.6) is 5.75 Å². The zero-order chi connectivity index (χ0) is 21.7. The zero-order valence-electron chi connectivity index (χ0n) is 17.3. The second-order valence-corrected chi connectivity index (χ2v) is 7.18. The number of carbonyl (C=O) groups is 3. The molecule has 7 heteroatoms. The van der Waals surface area contributed by atoms with E-state index >= 15 is 0 Å². The monoisotopic (exact) mass is 411 g/mol. The predicted octanol–water partition coefficient (Wildman–Crippen LogP) is 2.35. The molecule has 158 valence electrons. The molecule has 1 heterocycles. The number of benzene rings is 2. The molecule has 2 aromatic carbocycles. The summed E-state index contributed by atoms with van der Waals surface area (Å²) < 4.78 is 15.5. The van der Waals surface area contributed by atoms with Gasteiger partial charge in [0.15, 0.2) is 13.2 Å². The number of methoxy groups -OCH3 is 1. The van der Waals surface area contributed by atoms with Crippen molar-refractivity contribution in [2.24, 2.45) is 0 Å². The minimum absolute atomic E-state index is 0.255. The number of amides is 1. The standard InChI is InChI=1S/C23H25NO6/c1-15-7-6-10-20(16(15)2)29-14-22(26)30-13-21(25)24-12-18-9-5-4-8-17(18)11-19(24)23(27)28-3/h4-10,19H,11-14H2,1-3H3/t19-/m0/s1. The number of fused-ring (bicyclic) bond motifs is 1. The van der Waals surface area contributed by atoms with Gasteiger partial charge < -0.3 is 19.1 Å². The highest BCUT2D eigenvalue weighted by atomic mass is 16.6. The molecule has 0 radical (unpaired) electrons. The largest absolute Gasteiger partial charge is 0.482 e. The zero-order valence-corrected chi connectivity index (χ0v) is 17.3. The highest BCUT2D eigenvalue weighted by molar-refractivity contribution is 5.87. The molecule has 0 N–H and O–H groups in total. The van der Waals surface area contributed by atoms with Crippen LogP contribution in [0, 0.1) is 13.8 Å². The van der Waals surface area contributed by atoms with Gasteiger partial charge in [-0.1, -0.05) is 36.4 Å². The molecule has 7 nitrogen and oxygen atoms in total. The molecular weight excluding hydrogens is 386 g/mol. The molecule has 0 aromatic heterocycles. The smallest absolute Gasteiger partial charge is 0.344 e. The van der Waals surface area contributed by atoms with Crippen molar-refractivity contribution in [1.82, 2.24) is 4.90 Å². The van der Waals surface area contributed by atoms with Gasteiger partial charge in [0.25, 0.3) is 5.91 Å². The predicted molar refractivity (Wildman–Crippen MR) is 109 cm³/mol. The van der Waals surface area contributed by atoms with Gasteiger partial charge in [-0.15, -0.1) is 0 Å². The molecule has 0 saturated heterocycles. The van der Waals surface area contributed by atoms with Crippen LogP contribution in [-0.4, -0.2) is 49.1 Å². The van der Waals surface area contributed by atoms with E-state index in [4.69, 9.17) is 14.2 Å². The number of hydrogen-bond acceptors (Lipinski definition) is 6. The third-order valence-electron chi connectivity index (χ3n) is 5.30. The van der Waals surface area contributed by atoms with Crippen molar-refractivity contribution in [1.29, 1.82) is 0 Å². The van der Waals surface area contributed by atoms with Gasteiger partial charge in [0.1, 0.15) is 11.8 Å². The van der Waals surface area contributed by atoms with E-state index in [1.165, 1.54) is 12.0 Å². The lowest BCUT2D eigenvalue weighted by molar-refractivity contribution is -0.160. The van der Waals surface area contributed by atoms with E-state index in [0.29, 0.717) is 12.2 Å². The van der Waals surface area contributed by atoms with Crippen molar-refractivity contribution in [3.05, 3.63) is 64.7 Å². The van der Waals surface area contributed by atoms with Crippen molar-refractivity contribution >= 4 is 17.8 Å². The lowest BCUT2D eigenvalue weighted by Crippen LogP contribution is -2.50. The van der Waals surface area contributed by atoms with Crippen LogP contribution >= 0.6 is 0 Å². The molecule has 2 aromatic rings. The molecule has 1 aliphatic rings. The summed E-state index contributed by atoms with van der Waals surface area (Å²) in [5, 5.41) is 0. The second kappa shape index (κ2) is 9.43. The molecule has 1 amide bonds. The van der Waals surface area contributed by atoms with Crippen LogP contribution in [0.15, 0.2) is 42.5 Å². The average Bonchev–Trinajstić information content (AvgIpc) is 2.76. The van der Waals surface area contributed by atoms with E-state index in [1.807, 2.05) is 50.2 Å². The van der Waals surface area contributed by atoms with Crippen LogP contribution in [0.25, 0.3) is 0 Å². The molecule has 1 atom stereocenters. The van der Waals surface area contributed by atoms with E-state index in [1.54, 1.807) is 6.07 Å². The SMILES string of the molecule is COC(=O)[C@@H]1Cc2ccccc2CN1C(=O)COC(=O)COc1cccc(C)c1C.